The average molecular weight is 415 g/mol. The van der Waals surface area contributed by atoms with Gasteiger partial charge in [-0.25, -0.2) is 0 Å². The SMILES string of the molecule is CC.CC.CCCC(CC)C(CC)C(C)C(C)CC(C)C.CCCCCC(C)C. The van der Waals surface area contributed by atoms with Gasteiger partial charge in [0.05, 0.1) is 0 Å². The van der Waals surface area contributed by atoms with Crippen LogP contribution in [0, 0.1) is 35.5 Å². The summed E-state index contributed by atoms with van der Waals surface area (Å²) in [6.45, 7) is 31.6. The van der Waals surface area contributed by atoms with Crippen LogP contribution in [0.3, 0.4) is 0 Å². The van der Waals surface area contributed by atoms with Crippen LogP contribution < -0.4 is 0 Å². The van der Waals surface area contributed by atoms with Gasteiger partial charge >= 0.3 is 0 Å². The molecular formula is C29H66. The number of hydrogen-bond donors (Lipinski definition) is 0. The molecule has 0 amide bonds. The Balaban J connectivity index is -0.000000218. The summed E-state index contributed by atoms with van der Waals surface area (Å²) in [6, 6.07) is 0. The Hall–Kier alpha value is 0. The highest BCUT2D eigenvalue weighted by atomic mass is 14.3. The molecule has 0 aliphatic heterocycles. The van der Waals surface area contributed by atoms with Gasteiger partial charge in [-0.15, -0.1) is 0 Å². The quantitative estimate of drug-likeness (QED) is 0.263. The normalized spacial score (nSPS) is 14.5. The van der Waals surface area contributed by atoms with Crippen LogP contribution in [0.2, 0.25) is 0 Å². The predicted octanol–water partition coefficient (Wildman–Crippen LogP) is 11.4. The van der Waals surface area contributed by atoms with Crippen molar-refractivity contribution in [1.82, 2.24) is 0 Å². The van der Waals surface area contributed by atoms with Crippen molar-refractivity contribution in [1.29, 1.82) is 0 Å². The third kappa shape index (κ3) is 24.1. The summed E-state index contributed by atoms with van der Waals surface area (Å²) >= 11 is 0. The minimum Gasteiger partial charge on any atom is -0.0683 e. The fourth-order valence-corrected chi connectivity index (χ4v) is 4.41. The number of hydrogen-bond acceptors (Lipinski definition) is 0. The van der Waals surface area contributed by atoms with Gasteiger partial charge in [0.1, 0.15) is 0 Å². The summed E-state index contributed by atoms with van der Waals surface area (Å²) in [7, 11) is 0. The molecule has 0 heterocycles. The lowest BCUT2D eigenvalue weighted by Crippen LogP contribution is -2.26. The second-order valence-electron chi connectivity index (χ2n) is 9.38. The van der Waals surface area contributed by atoms with Crippen LogP contribution in [-0.2, 0) is 0 Å². The van der Waals surface area contributed by atoms with E-state index >= 15 is 0 Å². The van der Waals surface area contributed by atoms with Crippen molar-refractivity contribution in [2.75, 3.05) is 0 Å². The van der Waals surface area contributed by atoms with Crippen molar-refractivity contribution >= 4 is 0 Å². The van der Waals surface area contributed by atoms with Gasteiger partial charge in [0.15, 0.2) is 0 Å². The molecule has 0 saturated carbocycles. The molecule has 4 atom stereocenters. The first-order chi connectivity index (χ1) is 13.7. The Labute approximate surface area is 190 Å². The standard InChI is InChI=1S/C17H36.C8H18.2C2H6/c1-8-11-16(9-2)17(10-3)15(7)14(6)12-13(4)5;1-4-5-6-7-8(2)3;2*1-2/h13-17H,8-12H2,1-7H3;8H,4-7H2,1-3H3;2*1-2H3. The van der Waals surface area contributed by atoms with Gasteiger partial charge in [-0.2, -0.15) is 0 Å². The average Bonchev–Trinajstić information content (AvgIpc) is 2.70. The van der Waals surface area contributed by atoms with E-state index in [1.807, 2.05) is 27.7 Å². The molecule has 0 aliphatic carbocycles. The van der Waals surface area contributed by atoms with E-state index in [4.69, 9.17) is 0 Å². The summed E-state index contributed by atoms with van der Waals surface area (Å²) in [4.78, 5) is 0. The van der Waals surface area contributed by atoms with E-state index in [1.165, 1.54) is 57.8 Å². The van der Waals surface area contributed by atoms with Crippen molar-refractivity contribution in [2.24, 2.45) is 35.5 Å². The van der Waals surface area contributed by atoms with Crippen molar-refractivity contribution in [3.63, 3.8) is 0 Å². The fourth-order valence-electron chi connectivity index (χ4n) is 4.41. The van der Waals surface area contributed by atoms with Gasteiger partial charge < -0.3 is 0 Å². The van der Waals surface area contributed by atoms with E-state index in [2.05, 4.69) is 69.2 Å². The van der Waals surface area contributed by atoms with Crippen LogP contribution >= 0.6 is 0 Å². The first-order valence-corrected chi connectivity index (χ1v) is 13.7. The molecule has 0 rings (SSSR count). The molecule has 0 aromatic carbocycles. The Morgan fingerprint density at radius 3 is 1.38 bits per heavy atom. The first kappa shape index (κ1) is 36.4. The zero-order chi connectivity index (χ0) is 23.8. The van der Waals surface area contributed by atoms with Gasteiger partial charge in [-0.3, -0.25) is 0 Å². The molecule has 182 valence electrons. The summed E-state index contributed by atoms with van der Waals surface area (Å²) in [5.74, 6) is 5.41. The van der Waals surface area contributed by atoms with Crippen LogP contribution in [0.1, 0.15) is 155 Å². The fraction of sp³-hybridized carbons (Fsp3) is 1.00. The zero-order valence-corrected chi connectivity index (χ0v) is 23.8. The molecule has 0 N–H and O–H groups in total. The Bertz CT molecular complexity index is 253. The Morgan fingerprint density at radius 1 is 0.552 bits per heavy atom. The van der Waals surface area contributed by atoms with E-state index < -0.39 is 0 Å². The molecule has 0 nitrogen and oxygen atoms in total. The molecule has 0 aliphatic rings. The molecule has 0 saturated heterocycles. The third-order valence-corrected chi connectivity index (χ3v) is 6.06. The molecule has 0 fully saturated rings. The predicted molar refractivity (Wildman–Crippen MR) is 142 cm³/mol. The number of unbranched alkanes of at least 4 members (excludes halogenated alkanes) is 2. The summed E-state index contributed by atoms with van der Waals surface area (Å²) in [5, 5.41) is 0. The van der Waals surface area contributed by atoms with Crippen LogP contribution in [-0.4, -0.2) is 0 Å². The van der Waals surface area contributed by atoms with Crippen LogP contribution in [0.5, 0.6) is 0 Å². The molecule has 0 aromatic heterocycles. The minimum absolute atomic E-state index is 0.844. The van der Waals surface area contributed by atoms with Gasteiger partial charge in [-0.1, -0.05) is 148 Å². The summed E-state index contributed by atoms with van der Waals surface area (Å²) < 4.78 is 0. The highest BCUT2D eigenvalue weighted by Gasteiger charge is 2.27. The van der Waals surface area contributed by atoms with Gasteiger partial charge in [0.25, 0.3) is 0 Å². The van der Waals surface area contributed by atoms with Crippen LogP contribution in [0.25, 0.3) is 0 Å². The maximum atomic E-state index is 2.50. The molecule has 0 spiro atoms. The Morgan fingerprint density at radius 2 is 1.07 bits per heavy atom. The number of rotatable bonds is 13. The molecule has 4 unspecified atom stereocenters. The molecular weight excluding hydrogens is 348 g/mol. The maximum Gasteiger partial charge on any atom is -0.0360 e. The molecule has 0 aromatic rings. The third-order valence-electron chi connectivity index (χ3n) is 6.06. The summed E-state index contributed by atoms with van der Waals surface area (Å²) in [6.07, 6.45) is 12.5. The van der Waals surface area contributed by atoms with Crippen molar-refractivity contribution < 1.29 is 0 Å². The molecule has 0 bridgehead atoms. The maximum absolute atomic E-state index is 2.50. The van der Waals surface area contributed by atoms with Crippen LogP contribution in [0.15, 0.2) is 0 Å². The van der Waals surface area contributed by atoms with E-state index in [9.17, 15) is 0 Å². The highest BCUT2D eigenvalue weighted by Crippen LogP contribution is 2.36. The second-order valence-corrected chi connectivity index (χ2v) is 9.38. The monoisotopic (exact) mass is 415 g/mol. The molecule has 0 heteroatoms. The largest absolute Gasteiger partial charge is 0.0683 e. The summed E-state index contributed by atoms with van der Waals surface area (Å²) in [5.41, 5.74) is 0. The molecule has 29 heavy (non-hydrogen) atoms. The van der Waals surface area contributed by atoms with E-state index in [1.54, 1.807) is 0 Å². The van der Waals surface area contributed by atoms with Crippen molar-refractivity contribution in [3.05, 3.63) is 0 Å². The lowest BCUT2D eigenvalue weighted by atomic mass is 9.71. The van der Waals surface area contributed by atoms with Crippen molar-refractivity contribution in [3.8, 4) is 0 Å². The first-order valence-electron chi connectivity index (χ1n) is 13.7. The van der Waals surface area contributed by atoms with Gasteiger partial charge in [0, 0.05) is 0 Å². The lowest BCUT2D eigenvalue weighted by Gasteiger charge is -2.35. The van der Waals surface area contributed by atoms with Gasteiger partial charge in [-0.05, 0) is 41.9 Å². The second kappa shape index (κ2) is 28.0. The highest BCUT2D eigenvalue weighted by molar-refractivity contribution is 4.77. The minimum atomic E-state index is 0.844. The lowest BCUT2D eigenvalue weighted by molar-refractivity contribution is 0.152. The van der Waals surface area contributed by atoms with Gasteiger partial charge in [0.2, 0.25) is 0 Å². The van der Waals surface area contributed by atoms with E-state index in [-0.39, 0.29) is 0 Å². The van der Waals surface area contributed by atoms with Crippen LogP contribution in [0.4, 0.5) is 0 Å². The Kier molecular flexibility index (Phi) is 35.1. The van der Waals surface area contributed by atoms with Crippen molar-refractivity contribution in [2.45, 2.75) is 155 Å². The zero-order valence-electron chi connectivity index (χ0n) is 23.8. The van der Waals surface area contributed by atoms with E-state index in [0.717, 1.165) is 35.5 Å². The smallest absolute Gasteiger partial charge is 0.0360 e. The van der Waals surface area contributed by atoms with E-state index in [0.29, 0.717) is 0 Å². The topological polar surface area (TPSA) is 0 Å². The molecule has 0 radical (unpaired) electrons.